The zero-order valence-corrected chi connectivity index (χ0v) is 40.7. The first-order valence-electron chi connectivity index (χ1n) is 25.6. The van der Waals surface area contributed by atoms with Crippen molar-refractivity contribution in [2.45, 2.75) is 30.1 Å². The second-order valence-electron chi connectivity index (χ2n) is 20.7. The Labute approximate surface area is 426 Å². The topological polar surface area (TPSA) is 16.4 Å². The predicted octanol–water partition coefficient (Wildman–Crippen LogP) is 18.1. The summed E-state index contributed by atoms with van der Waals surface area (Å²) in [4.78, 5) is 2.39. The first-order valence-corrected chi connectivity index (χ1v) is 25.6. The van der Waals surface area contributed by atoms with E-state index in [-0.39, 0.29) is 5.41 Å². The molecule has 1 spiro atoms. The second-order valence-corrected chi connectivity index (χ2v) is 20.7. The molecule has 2 heteroatoms. The lowest BCUT2D eigenvalue weighted by Gasteiger charge is -2.50. The summed E-state index contributed by atoms with van der Waals surface area (Å²) in [6.07, 6.45) is 0. The fraction of sp³-hybridized carbons (Fsp3) is 0.0704. The number of fused-ring (bicyclic) bond motifs is 15. The van der Waals surface area contributed by atoms with Crippen molar-refractivity contribution in [1.29, 1.82) is 0 Å². The third kappa shape index (κ3) is 5.69. The molecular formula is C71H49NO. The molecule has 0 N–H and O–H groups in total. The molecule has 1 heterocycles. The summed E-state index contributed by atoms with van der Waals surface area (Å²) in [5.74, 6) is 0. The monoisotopic (exact) mass is 931 g/mol. The Morgan fingerprint density at radius 2 is 0.740 bits per heavy atom. The Hall–Kier alpha value is -8.98. The third-order valence-corrected chi connectivity index (χ3v) is 16.8. The van der Waals surface area contributed by atoms with E-state index < -0.39 is 10.8 Å². The van der Waals surface area contributed by atoms with Crippen LogP contribution in [0.15, 0.2) is 265 Å². The molecule has 15 rings (SSSR count). The number of anilines is 3. The van der Waals surface area contributed by atoms with Crippen LogP contribution in [0.25, 0.3) is 55.3 Å². The van der Waals surface area contributed by atoms with Crippen LogP contribution in [0.3, 0.4) is 0 Å². The van der Waals surface area contributed by atoms with E-state index in [0.717, 1.165) is 44.6 Å². The van der Waals surface area contributed by atoms with Gasteiger partial charge in [-0.25, -0.2) is 0 Å². The van der Waals surface area contributed by atoms with Crippen molar-refractivity contribution in [2.24, 2.45) is 0 Å². The maximum Gasteiger partial charge on any atom is 0.137 e. The molecule has 2 nitrogen and oxygen atoms in total. The van der Waals surface area contributed by atoms with Crippen LogP contribution < -0.4 is 4.90 Å². The zero-order valence-electron chi connectivity index (χ0n) is 40.7. The fourth-order valence-corrected chi connectivity index (χ4v) is 13.7. The van der Waals surface area contributed by atoms with E-state index in [1.807, 2.05) is 6.07 Å². The van der Waals surface area contributed by atoms with E-state index in [1.54, 1.807) is 0 Å². The molecule has 12 aromatic rings. The van der Waals surface area contributed by atoms with Crippen LogP contribution in [-0.4, -0.2) is 0 Å². The van der Waals surface area contributed by atoms with Gasteiger partial charge in [0.25, 0.3) is 0 Å². The lowest BCUT2D eigenvalue weighted by atomic mass is 9.51. The molecule has 0 fully saturated rings. The molecule has 0 atom stereocenters. The van der Waals surface area contributed by atoms with E-state index in [2.05, 4.69) is 274 Å². The van der Waals surface area contributed by atoms with Crippen LogP contribution in [0, 0.1) is 0 Å². The minimum atomic E-state index is -0.574. The van der Waals surface area contributed by atoms with Crippen molar-refractivity contribution in [3.63, 3.8) is 0 Å². The summed E-state index contributed by atoms with van der Waals surface area (Å²) in [5.41, 5.74) is 24.4. The molecule has 73 heavy (non-hydrogen) atoms. The van der Waals surface area contributed by atoms with E-state index >= 15 is 0 Å². The number of hydrogen-bond acceptors (Lipinski definition) is 2. The summed E-state index contributed by atoms with van der Waals surface area (Å²) in [6, 6.07) is 97.3. The normalized spacial score (nSPS) is 14.8. The summed E-state index contributed by atoms with van der Waals surface area (Å²) in [7, 11) is 0. The van der Waals surface area contributed by atoms with E-state index in [4.69, 9.17) is 4.42 Å². The molecule has 11 aromatic carbocycles. The highest BCUT2D eigenvalue weighted by Crippen LogP contribution is 2.65. The van der Waals surface area contributed by atoms with Gasteiger partial charge in [-0.3, -0.25) is 0 Å². The molecule has 0 amide bonds. The van der Waals surface area contributed by atoms with Crippen LogP contribution >= 0.6 is 0 Å². The quantitative estimate of drug-likeness (QED) is 0.165. The number of para-hydroxylation sites is 1. The van der Waals surface area contributed by atoms with Crippen molar-refractivity contribution < 1.29 is 4.42 Å². The molecule has 0 saturated heterocycles. The lowest BCUT2D eigenvalue weighted by Crippen LogP contribution is -2.44. The average Bonchev–Trinajstić information content (AvgIpc) is 4.06. The number of furan rings is 1. The number of benzene rings is 11. The molecule has 0 aliphatic heterocycles. The Morgan fingerprint density at radius 1 is 0.288 bits per heavy atom. The number of hydrogen-bond donors (Lipinski definition) is 0. The maximum absolute atomic E-state index is 6.52. The molecule has 1 aromatic heterocycles. The minimum absolute atomic E-state index is 0.144. The van der Waals surface area contributed by atoms with E-state index in [1.165, 1.54) is 83.5 Å². The lowest BCUT2D eigenvalue weighted by molar-refractivity contribution is 0.624. The van der Waals surface area contributed by atoms with Crippen molar-refractivity contribution in [3.8, 4) is 33.4 Å². The molecule has 0 bridgehead atoms. The van der Waals surface area contributed by atoms with Gasteiger partial charge in [-0.15, -0.1) is 0 Å². The number of rotatable bonds is 6. The van der Waals surface area contributed by atoms with Gasteiger partial charge in [0.05, 0.1) is 10.8 Å². The Kier molecular flexibility index (Phi) is 8.87. The van der Waals surface area contributed by atoms with E-state index in [0.29, 0.717) is 0 Å². The summed E-state index contributed by atoms with van der Waals surface area (Å²) < 4.78 is 6.52. The summed E-state index contributed by atoms with van der Waals surface area (Å²) >= 11 is 0. The van der Waals surface area contributed by atoms with Gasteiger partial charge in [-0.1, -0.05) is 220 Å². The highest BCUT2D eigenvalue weighted by molar-refractivity contribution is 6.06. The molecule has 0 radical (unpaired) electrons. The van der Waals surface area contributed by atoms with Crippen LogP contribution in [0.1, 0.15) is 69.5 Å². The highest BCUT2D eigenvalue weighted by Gasteiger charge is 2.56. The van der Waals surface area contributed by atoms with Crippen LogP contribution in [-0.2, 0) is 16.2 Å². The summed E-state index contributed by atoms with van der Waals surface area (Å²) in [5, 5.41) is 2.24. The van der Waals surface area contributed by atoms with Gasteiger partial charge >= 0.3 is 0 Å². The van der Waals surface area contributed by atoms with Crippen LogP contribution in [0.2, 0.25) is 0 Å². The first kappa shape index (κ1) is 41.8. The largest absolute Gasteiger partial charge is 0.456 e. The van der Waals surface area contributed by atoms with Crippen LogP contribution in [0.4, 0.5) is 17.1 Å². The molecule has 3 aliphatic rings. The third-order valence-electron chi connectivity index (χ3n) is 16.8. The second kappa shape index (κ2) is 15.5. The smallest absolute Gasteiger partial charge is 0.137 e. The average molecular weight is 932 g/mol. The van der Waals surface area contributed by atoms with Gasteiger partial charge in [-0.05, 0) is 138 Å². The number of nitrogens with zero attached hydrogens (tertiary/aromatic N) is 1. The predicted molar refractivity (Wildman–Crippen MR) is 301 cm³/mol. The van der Waals surface area contributed by atoms with Gasteiger partial charge < -0.3 is 9.32 Å². The van der Waals surface area contributed by atoms with Crippen molar-refractivity contribution in [3.05, 3.63) is 316 Å². The SMILES string of the molecule is CC1(C)c2ccccc2-c2ccc(N(c3ccc(-c4ccc5c(c4)C4(c6ccccc6-5)c5ccccc5C(c5ccccc5)(c5ccccc5)c5ccccc54)cc3)c3ccc4c(c3)oc3ccccc34)cc21. The Balaban J connectivity index is 0.906. The van der Waals surface area contributed by atoms with Gasteiger partial charge in [0.15, 0.2) is 0 Å². The van der Waals surface area contributed by atoms with Crippen LogP contribution in [0.5, 0.6) is 0 Å². The zero-order chi connectivity index (χ0) is 48.5. The van der Waals surface area contributed by atoms with Crippen molar-refractivity contribution in [1.82, 2.24) is 0 Å². The molecule has 0 saturated carbocycles. The van der Waals surface area contributed by atoms with Crippen molar-refractivity contribution in [2.75, 3.05) is 4.90 Å². The minimum Gasteiger partial charge on any atom is -0.456 e. The Morgan fingerprint density at radius 3 is 1.41 bits per heavy atom. The van der Waals surface area contributed by atoms with E-state index in [9.17, 15) is 0 Å². The summed E-state index contributed by atoms with van der Waals surface area (Å²) in [6.45, 7) is 4.71. The Bertz CT molecular complexity index is 4090. The van der Waals surface area contributed by atoms with Gasteiger partial charge in [-0.2, -0.15) is 0 Å². The standard InChI is InChI=1S/C71H49NO/c1-69(2)59-26-12-9-23-53(59)55-41-38-51(44-65(55)69)72(52-39-42-58-57-25-11-18-32-67(57)73-68(58)45-52)50-36-33-46(34-37-50)47-35-40-56-54-24-10-13-27-60(54)71(66(56)43-47)63-30-16-14-28-61(63)70(48-19-5-3-6-20-48,49-21-7-4-8-22-49)62-29-15-17-31-64(62)71/h3-45H,1-2H3. The highest BCUT2D eigenvalue weighted by atomic mass is 16.3. The van der Waals surface area contributed by atoms with Gasteiger partial charge in [0, 0.05) is 39.3 Å². The first-order chi connectivity index (χ1) is 36.0. The molecule has 344 valence electrons. The molecule has 3 aliphatic carbocycles. The molecule has 0 unspecified atom stereocenters. The molecular weight excluding hydrogens is 883 g/mol. The van der Waals surface area contributed by atoms with Crippen molar-refractivity contribution >= 4 is 39.0 Å². The fourth-order valence-electron chi connectivity index (χ4n) is 13.7. The maximum atomic E-state index is 6.52. The van der Waals surface area contributed by atoms with Gasteiger partial charge in [0.1, 0.15) is 11.2 Å². The van der Waals surface area contributed by atoms with Gasteiger partial charge in [0.2, 0.25) is 0 Å².